The van der Waals surface area contributed by atoms with Gasteiger partial charge < -0.3 is 15.0 Å². The molecule has 4 nitrogen and oxygen atoms in total. The van der Waals surface area contributed by atoms with Crippen LogP contribution in [0, 0.1) is 0 Å². The summed E-state index contributed by atoms with van der Waals surface area (Å²) in [5.74, 6) is 0.842. The molecule has 2 heterocycles. The fourth-order valence-electron chi connectivity index (χ4n) is 3.73. The number of hydrogen-bond donors (Lipinski definition) is 1. The van der Waals surface area contributed by atoms with Gasteiger partial charge in [-0.2, -0.15) is 0 Å². The van der Waals surface area contributed by atoms with E-state index in [0.717, 1.165) is 24.3 Å². The summed E-state index contributed by atoms with van der Waals surface area (Å²) in [4.78, 5) is 16.2. The number of carbonyl (C=O) groups excluding carboxylic acids is 1. The van der Waals surface area contributed by atoms with Crippen LogP contribution in [0.4, 0.5) is 5.69 Å². The van der Waals surface area contributed by atoms with E-state index in [2.05, 4.69) is 52.0 Å². The summed E-state index contributed by atoms with van der Waals surface area (Å²) < 4.78 is 5.18. The molecule has 1 atom stereocenters. The van der Waals surface area contributed by atoms with Gasteiger partial charge in [0.15, 0.2) is 0 Å². The Morgan fingerprint density at radius 1 is 1.14 bits per heavy atom. The van der Waals surface area contributed by atoms with Crippen LogP contribution in [-0.2, 0) is 17.6 Å². The summed E-state index contributed by atoms with van der Waals surface area (Å²) in [5, 5.41) is 5.25. The van der Waals surface area contributed by atoms with Crippen molar-refractivity contribution in [2.24, 2.45) is 0 Å². The Balaban J connectivity index is 1.44. The average molecular weight is 393 g/mol. The fourth-order valence-corrected chi connectivity index (χ4v) is 4.57. The van der Waals surface area contributed by atoms with Crippen LogP contribution in [0.1, 0.15) is 22.0 Å². The first-order valence-electron chi connectivity index (χ1n) is 9.52. The summed E-state index contributed by atoms with van der Waals surface area (Å²) >= 11 is 1.75. The highest BCUT2D eigenvalue weighted by Gasteiger charge is 2.27. The minimum absolute atomic E-state index is 0.0409. The molecule has 0 saturated heterocycles. The van der Waals surface area contributed by atoms with E-state index in [4.69, 9.17) is 4.74 Å². The maximum absolute atomic E-state index is 12.5. The first-order chi connectivity index (χ1) is 13.7. The van der Waals surface area contributed by atoms with Gasteiger partial charge in [-0.25, -0.2) is 0 Å². The number of benzene rings is 2. The average Bonchev–Trinajstić information content (AvgIpc) is 3.40. The van der Waals surface area contributed by atoms with E-state index in [1.807, 2.05) is 24.3 Å². The Kier molecular flexibility index (Phi) is 5.63. The number of nitrogens with zero attached hydrogens (tertiary/aromatic N) is 1. The van der Waals surface area contributed by atoms with Gasteiger partial charge in [0.1, 0.15) is 5.75 Å². The van der Waals surface area contributed by atoms with Crippen molar-refractivity contribution >= 4 is 22.9 Å². The number of anilines is 1. The van der Waals surface area contributed by atoms with Gasteiger partial charge in [0.05, 0.1) is 19.6 Å². The Labute approximate surface area is 169 Å². The topological polar surface area (TPSA) is 41.6 Å². The maximum Gasteiger partial charge on any atom is 0.224 e. The lowest BCUT2D eigenvalue weighted by Crippen LogP contribution is -2.37. The van der Waals surface area contributed by atoms with Gasteiger partial charge >= 0.3 is 0 Å². The predicted molar refractivity (Wildman–Crippen MR) is 114 cm³/mol. The second-order valence-corrected chi connectivity index (χ2v) is 7.91. The second kappa shape index (κ2) is 8.48. The molecular formula is C23H24N2O2S. The van der Waals surface area contributed by atoms with Crippen molar-refractivity contribution in [1.82, 2.24) is 5.32 Å². The highest BCUT2D eigenvalue weighted by molar-refractivity contribution is 7.10. The number of para-hydroxylation sites is 1. The minimum atomic E-state index is 0.0409. The number of fused-ring (bicyclic) bond motifs is 1. The Morgan fingerprint density at radius 2 is 1.96 bits per heavy atom. The summed E-state index contributed by atoms with van der Waals surface area (Å²) in [7, 11) is 1.64. The quantitative estimate of drug-likeness (QED) is 0.655. The van der Waals surface area contributed by atoms with Crippen LogP contribution < -0.4 is 15.0 Å². The lowest BCUT2D eigenvalue weighted by Gasteiger charge is -2.30. The molecule has 0 fully saturated rings. The molecule has 1 aromatic heterocycles. The van der Waals surface area contributed by atoms with Gasteiger partial charge in [-0.15, -0.1) is 11.3 Å². The van der Waals surface area contributed by atoms with Gasteiger partial charge in [0, 0.05) is 23.7 Å². The van der Waals surface area contributed by atoms with Crippen molar-refractivity contribution in [2.75, 3.05) is 25.1 Å². The molecular weight excluding hydrogens is 368 g/mol. The highest BCUT2D eigenvalue weighted by Crippen LogP contribution is 2.36. The Hall–Kier alpha value is -2.79. The Bertz CT molecular complexity index is 922. The number of ether oxygens (including phenoxy) is 1. The summed E-state index contributed by atoms with van der Waals surface area (Å²) in [6, 6.07) is 20.6. The number of rotatable bonds is 7. The molecule has 1 N–H and O–H groups in total. The zero-order valence-electron chi connectivity index (χ0n) is 15.9. The third-order valence-electron chi connectivity index (χ3n) is 5.19. The molecule has 5 heteroatoms. The van der Waals surface area contributed by atoms with Crippen molar-refractivity contribution < 1.29 is 9.53 Å². The SMILES string of the molecule is COc1ccc(CC(=O)NC[C@@H](c2cccs2)N2CCc3ccccc32)cc1. The van der Waals surface area contributed by atoms with E-state index in [1.165, 1.54) is 16.1 Å². The third-order valence-corrected chi connectivity index (χ3v) is 6.16. The van der Waals surface area contributed by atoms with Crippen LogP contribution >= 0.6 is 11.3 Å². The minimum Gasteiger partial charge on any atom is -0.497 e. The molecule has 28 heavy (non-hydrogen) atoms. The van der Waals surface area contributed by atoms with E-state index >= 15 is 0 Å². The molecule has 1 aliphatic rings. The molecule has 1 aliphatic heterocycles. The fraction of sp³-hybridized carbons (Fsp3) is 0.261. The molecule has 0 unspecified atom stereocenters. The standard InChI is InChI=1S/C23H24N2O2S/c1-27-19-10-8-17(9-11-19)15-23(26)24-16-21(22-7-4-14-28-22)25-13-12-18-5-2-3-6-20(18)25/h2-11,14,21H,12-13,15-16H2,1H3,(H,24,26)/t21-/m0/s1. The molecule has 0 saturated carbocycles. The zero-order valence-corrected chi connectivity index (χ0v) is 16.7. The Morgan fingerprint density at radius 3 is 2.71 bits per heavy atom. The third kappa shape index (κ3) is 4.04. The first kappa shape index (κ1) is 18.6. The molecule has 4 rings (SSSR count). The van der Waals surface area contributed by atoms with Gasteiger partial charge in [-0.05, 0) is 47.2 Å². The molecule has 3 aromatic rings. The van der Waals surface area contributed by atoms with Crippen molar-refractivity contribution in [3.63, 3.8) is 0 Å². The molecule has 0 radical (unpaired) electrons. The van der Waals surface area contributed by atoms with Crippen molar-refractivity contribution in [2.45, 2.75) is 18.9 Å². The normalized spacial score (nSPS) is 13.8. The number of nitrogens with one attached hydrogen (secondary N) is 1. The number of carbonyl (C=O) groups is 1. The number of thiophene rings is 1. The summed E-state index contributed by atoms with van der Waals surface area (Å²) in [6.07, 6.45) is 1.43. The lowest BCUT2D eigenvalue weighted by atomic mass is 10.1. The van der Waals surface area contributed by atoms with E-state index in [0.29, 0.717) is 13.0 Å². The summed E-state index contributed by atoms with van der Waals surface area (Å²) in [5.41, 5.74) is 3.65. The van der Waals surface area contributed by atoms with E-state index in [9.17, 15) is 4.79 Å². The van der Waals surface area contributed by atoms with Crippen LogP contribution in [0.3, 0.4) is 0 Å². The van der Waals surface area contributed by atoms with Crippen molar-refractivity contribution in [3.05, 3.63) is 82.0 Å². The lowest BCUT2D eigenvalue weighted by molar-refractivity contribution is -0.120. The first-order valence-corrected chi connectivity index (χ1v) is 10.4. The van der Waals surface area contributed by atoms with Crippen LogP contribution in [0.25, 0.3) is 0 Å². The molecule has 0 spiro atoms. The van der Waals surface area contributed by atoms with E-state index < -0.39 is 0 Å². The number of methoxy groups -OCH3 is 1. The molecule has 0 aliphatic carbocycles. The van der Waals surface area contributed by atoms with E-state index in [1.54, 1.807) is 18.4 Å². The molecule has 1 amide bonds. The monoisotopic (exact) mass is 392 g/mol. The highest BCUT2D eigenvalue weighted by atomic mass is 32.1. The van der Waals surface area contributed by atoms with Gasteiger partial charge in [-0.3, -0.25) is 4.79 Å². The number of amides is 1. The van der Waals surface area contributed by atoms with Gasteiger partial charge in [0.25, 0.3) is 0 Å². The van der Waals surface area contributed by atoms with Crippen LogP contribution in [0.2, 0.25) is 0 Å². The molecule has 0 bridgehead atoms. The van der Waals surface area contributed by atoms with Crippen molar-refractivity contribution in [1.29, 1.82) is 0 Å². The van der Waals surface area contributed by atoms with Crippen LogP contribution in [0.5, 0.6) is 5.75 Å². The zero-order chi connectivity index (χ0) is 19.3. The van der Waals surface area contributed by atoms with Gasteiger partial charge in [-0.1, -0.05) is 36.4 Å². The largest absolute Gasteiger partial charge is 0.497 e. The van der Waals surface area contributed by atoms with E-state index in [-0.39, 0.29) is 11.9 Å². The second-order valence-electron chi connectivity index (χ2n) is 6.93. The molecule has 2 aromatic carbocycles. The predicted octanol–water partition coefficient (Wildman–Crippen LogP) is 4.22. The smallest absolute Gasteiger partial charge is 0.224 e. The van der Waals surface area contributed by atoms with Crippen LogP contribution in [0.15, 0.2) is 66.0 Å². The van der Waals surface area contributed by atoms with Gasteiger partial charge in [0.2, 0.25) is 5.91 Å². The summed E-state index contributed by atoms with van der Waals surface area (Å²) in [6.45, 7) is 1.58. The number of hydrogen-bond acceptors (Lipinski definition) is 4. The van der Waals surface area contributed by atoms with Crippen LogP contribution in [-0.4, -0.2) is 26.1 Å². The van der Waals surface area contributed by atoms with Crippen molar-refractivity contribution in [3.8, 4) is 5.75 Å². The maximum atomic E-state index is 12.5. The molecule has 144 valence electrons.